The molecule has 0 amide bonds. The first-order valence-corrected chi connectivity index (χ1v) is 7.86. The Morgan fingerprint density at radius 3 is 2.86 bits per heavy atom. The van der Waals surface area contributed by atoms with Crippen LogP contribution in [0.4, 0.5) is 5.69 Å². The maximum atomic E-state index is 5.51. The van der Waals surface area contributed by atoms with Gasteiger partial charge in [0.2, 0.25) is 0 Å². The van der Waals surface area contributed by atoms with Gasteiger partial charge in [-0.1, -0.05) is 0 Å². The molecule has 4 heteroatoms. The molecule has 2 saturated carbocycles. The lowest BCUT2D eigenvalue weighted by atomic mass is 10.2. The van der Waals surface area contributed by atoms with E-state index < -0.39 is 0 Å². The SMILES string of the molecule is c1coc(CN(c2ccnc(CNC3CC3)c2)C2CC2)c1. The second kappa shape index (κ2) is 5.53. The van der Waals surface area contributed by atoms with Gasteiger partial charge in [-0.25, -0.2) is 0 Å². The number of pyridine rings is 1. The molecule has 0 radical (unpaired) electrons. The molecule has 21 heavy (non-hydrogen) atoms. The van der Waals surface area contributed by atoms with Crippen molar-refractivity contribution < 1.29 is 4.42 Å². The molecule has 2 aromatic rings. The summed E-state index contributed by atoms with van der Waals surface area (Å²) in [5, 5.41) is 3.53. The smallest absolute Gasteiger partial charge is 0.123 e. The predicted octanol–water partition coefficient (Wildman–Crippen LogP) is 3.10. The number of anilines is 1. The summed E-state index contributed by atoms with van der Waals surface area (Å²) in [5.74, 6) is 1.02. The van der Waals surface area contributed by atoms with Gasteiger partial charge in [-0.3, -0.25) is 4.98 Å². The predicted molar refractivity (Wildman–Crippen MR) is 82.0 cm³/mol. The van der Waals surface area contributed by atoms with Gasteiger partial charge in [0.15, 0.2) is 0 Å². The van der Waals surface area contributed by atoms with Crippen LogP contribution in [0.15, 0.2) is 41.1 Å². The third-order valence-electron chi connectivity index (χ3n) is 4.17. The maximum Gasteiger partial charge on any atom is 0.123 e. The van der Waals surface area contributed by atoms with Gasteiger partial charge in [-0.15, -0.1) is 0 Å². The van der Waals surface area contributed by atoms with Crippen molar-refractivity contribution in [3.63, 3.8) is 0 Å². The molecule has 4 nitrogen and oxygen atoms in total. The minimum atomic E-state index is 0.654. The van der Waals surface area contributed by atoms with E-state index in [9.17, 15) is 0 Å². The molecule has 0 saturated heterocycles. The lowest BCUT2D eigenvalue weighted by molar-refractivity contribution is 0.501. The number of furan rings is 1. The molecular formula is C17H21N3O. The van der Waals surface area contributed by atoms with Crippen LogP contribution < -0.4 is 10.2 Å². The summed E-state index contributed by atoms with van der Waals surface area (Å²) < 4.78 is 5.51. The first-order chi connectivity index (χ1) is 10.4. The number of hydrogen-bond donors (Lipinski definition) is 1. The van der Waals surface area contributed by atoms with Crippen molar-refractivity contribution >= 4 is 5.69 Å². The monoisotopic (exact) mass is 283 g/mol. The van der Waals surface area contributed by atoms with E-state index in [0.29, 0.717) is 6.04 Å². The van der Waals surface area contributed by atoms with Crippen molar-refractivity contribution in [3.05, 3.63) is 48.2 Å². The van der Waals surface area contributed by atoms with Crippen LogP contribution in [0.5, 0.6) is 0 Å². The first-order valence-electron chi connectivity index (χ1n) is 7.86. The summed E-state index contributed by atoms with van der Waals surface area (Å²) in [7, 11) is 0. The minimum absolute atomic E-state index is 0.654. The second-order valence-corrected chi connectivity index (χ2v) is 6.10. The first kappa shape index (κ1) is 12.9. The fourth-order valence-corrected chi connectivity index (χ4v) is 2.66. The van der Waals surface area contributed by atoms with Gasteiger partial charge in [0, 0.05) is 30.5 Å². The van der Waals surface area contributed by atoms with Crippen LogP contribution in [-0.4, -0.2) is 17.1 Å². The average Bonchev–Trinajstić information content (AvgIpc) is 3.44. The highest BCUT2D eigenvalue weighted by atomic mass is 16.3. The molecular weight excluding hydrogens is 262 g/mol. The summed E-state index contributed by atoms with van der Waals surface area (Å²) in [6.07, 6.45) is 8.85. The molecule has 4 rings (SSSR count). The zero-order chi connectivity index (χ0) is 14.1. The third kappa shape index (κ3) is 3.27. The number of rotatable bonds is 7. The van der Waals surface area contributed by atoms with Gasteiger partial charge in [0.25, 0.3) is 0 Å². The molecule has 2 aliphatic rings. The van der Waals surface area contributed by atoms with Gasteiger partial charge in [0.1, 0.15) is 5.76 Å². The van der Waals surface area contributed by atoms with Gasteiger partial charge in [0.05, 0.1) is 18.5 Å². The van der Waals surface area contributed by atoms with Gasteiger partial charge in [-0.2, -0.15) is 0 Å². The summed E-state index contributed by atoms with van der Waals surface area (Å²) >= 11 is 0. The van der Waals surface area contributed by atoms with Crippen molar-refractivity contribution in [2.75, 3.05) is 4.90 Å². The van der Waals surface area contributed by atoms with Crippen LogP contribution in [-0.2, 0) is 13.1 Å². The summed E-state index contributed by atoms with van der Waals surface area (Å²) in [6.45, 7) is 1.72. The normalized spacial score (nSPS) is 17.9. The lowest BCUT2D eigenvalue weighted by Gasteiger charge is -2.24. The molecule has 2 fully saturated rings. The van der Waals surface area contributed by atoms with Crippen molar-refractivity contribution in [2.24, 2.45) is 0 Å². The molecule has 0 aliphatic heterocycles. The Balaban J connectivity index is 1.49. The van der Waals surface area contributed by atoms with E-state index in [-0.39, 0.29) is 0 Å². The summed E-state index contributed by atoms with van der Waals surface area (Å²) in [5.41, 5.74) is 2.39. The molecule has 0 aromatic carbocycles. The highest BCUT2D eigenvalue weighted by molar-refractivity contribution is 5.49. The highest BCUT2D eigenvalue weighted by Crippen LogP contribution is 2.33. The van der Waals surface area contributed by atoms with E-state index in [2.05, 4.69) is 27.3 Å². The number of hydrogen-bond acceptors (Lipinski definition) is 4. The highest BCUT2D eigenvalue weighted by Gasteiger charge is 2.30. The Bertz CT molecular complexity index is 588. The minimum Gasteiger partial charge on any atom is -0.467 e. The van der Waals surface area contributed by atoms with E-state index in [1.54, 1.807) is 6.26 Å². The van der Waals surface area contributed by atoms with Crippen LogP contribution in [0.2, 0.25) is 0 Å². The van der Waals surface area contributed by atoms with Crippen molar-refractivity contribution in [3.8, 4) is 0 Å². The van der Waals surface area contributed by atoms with Crippen LogP contribution >= 0.6 is 0 Å². The molecule has 110 valence electrons. The largest absolute Gasteiger partial charge is 0.467 e. The van der Waals surface area contributed by atoms with Crippen LogP contribution in [0.1, 0.15) is 37.1 Å². The molecule has 2 heterocycles. The van der Waals surface area contributed by atoms with Crippen LogP contribution in [0, 0.1) is 0 Å². The van der Waals surface area contributed by atoms with E-state index in [1.165, 1.54) is 31.4 Å². The lowest BCUT2D eigenvalue weighted by Crippen LogP contribution is -2.25. The summed E-state index contributed by atoms with van der Waals surface area (Å²) in [6, 6.07) is 9.71. The Morgan fingerprint density at radius 1 is 1.24 bits per heavy atom. The number of aromatic nitrogens is 1. The Kier molecular flexibility index (Phi) is 3.39. The number of nitrogens with one attached hydrogen (secondary N) is 1. The zero-order valence-electron chi connectivity index (χ0n) is 12.2. The van der Waals surface area contributed by atoms with Crippen molar-refractivity contribution in [1.29, 1.82) is 0 Å². The molecule has 1 N–H and O–H groups in total. The molecule has 2 aliphatic carbocycles. The van der Waals surface area contributed by atoms with Crippen LogP contribution in [0.3, 0.4) is 0 Å². The Labute approximate surface area is 125 Å². The average molecular weight is 283 g/mol. The van der Waals surface area contributed by atoms with Crippen LogP contribution in [0.25, 0.3) is 0 Å². The van der Waals surface area contributed by atoms with Gasteiger partial charge >= 0.3 is 0 Å². The fraction of sp³-hybridized carbons (Fsp3) is 0.471. The molecule has 2 aromatic heterocycles. The number of nitrogens with zero attached hydrogens (tertiary/aromatic N) is 2. The van der Waals surface area contributed by atoms with Gasteiger partial charge in [-0.05, 0) is 49.9 Å². The van der Waals surface area contributed by atoms with E-state index in [4.69, 9.17) is 4.42 Å². The standard InChI is InChI=1S/C17H21N3O/c1-2-17(21-9-1)12-20(15-5-6-15)16-7-8-18-14(10-16)11-19-13-3-4-13/h1-2,7-10,13,15,19H,3-6,11-12H2. The molecule has 0 bridgehead atoms. The zero-order valence-corrected chi connectivity index (χ0v) is 12.2. The quantitative estimate of drug-likeness (QED) is 0.848. The molecule has 0 unspecified atom stereocenters. The summed E-state index contributed by atoms with van der Waals surface area (Å²) in [4.78, 5) is 6.93. The topological polar surface area (TPSA) is 41.3 Å². The second-order valence-electron chi connectivity index (χ2n) is 6.10. The van der Waals surface area contributed by atoms with Gasteiger partial charge < -0.3 is 14.6 Å². The molecule has 0 atom stereocenters. The van der Waals surface area contributed by atoms with E-state index in [1.807, 2.05) is 18.3 Å². The Morgan fingerprint density at radius 2 is 2.14 bits per heavy atom. The Hall–Kier alpha value is -1.81. The van der Waals surface area contributed by atoms with E-state index >= 15 is 0 Å². The van der Waals surface area contributed by atoms with E-state index in [0.717, 1.165) is 30.6 Å². The van der Waals surface area contributed by atoms with Crippen molar-refractivity contribution in [1.82, 2.24) is 10.3 Å². The molecule has 0 spiro atoms. The fourth-order valence-electron chi connectivity index (χ4n) is 2.66. The van der Waals surface area contributed by atoms with Crippen molar-refractivity contribution in [2.45, 2.75) is 50.9 Å². The third-order valence-corrected chi connectivity index (χ3v) is 4.17. The maximum absolute atomic E-state index is 5.51.